The molecule has 1 aromatic heterocycles. The predicted molar refractivity (Wildman–Crippen MR) is 224 cm³/mol. The Hall–Kier alpha value is -6.86. The van der Waals surface area contributed by atoms with Crippen LogP contribution in [-0.4, -0.2) is 63.9 Å². The molecule has 7 rings (SSSR count). The maximum Gasteiger partial charge on any atom is 0.313 e. The lowest BCUT2D eigenvalue weighted by Crippen LogP contribution is -2.38. The third kappa shape index (κ3) is 11.0. The number of nitrogen functional groups attached to an aromatic ring is 2. The second kappa shape index (κ2) is 20.5. The van der Waals surface area contributed by atoms with E-state index in [-0.39, 0.29) is 17.8 Å². The van der Waals surface area contributed by atoms with E-state index in [1.807, 2.05) is 84.3 Å². The van der Waals surface area contributed by atoms with Gasteiger partial charge in [0.05, 0.1) is 23.3 Å². The number of rotatable bonds is 6. The molecule has 0 bridgehead atoms. The van der Waals surface area contributed by atoms with Crippen molar-refractivity contribution in [3.63, 3.8) is 0 Å². The summed E-state index contributed by atoms with van der Waals surface area (Å²) in [4.78, 5) is 43.0. The molecule has 15 heteroatoms. The van der Waals surface area contributed by atoms with Crippen molar-refractivity contribution in [2.24, 2.45) is 5.84 Å². The minimum absolute atomic E-state index is 0.000930. The van der Waals surface area contributed by atoms with Crippen LogP contribution in [0, 0.1) is 46.8 Å². The maximum absolute atomic E-state index is 13.0. The number of likely N-dealkylation sites (tertiary alicyclic amines) is 2. The monoisotopic (exact) mass is 854 g/mol. The number of nitriles is 3. The number of aryl methyl sites for hydroxylation is 2. The highest BCUT2D eigenvalue weighted by molar-refractivity contribution is 9.12. The molecule has 3 heterocycles. The fourth-order valence-corrected chi connectivity index (χ4v) is 7.26. The molecule has 3 amide bonds. The van der Waals surface area contributed by atoms with E-state index in [0.717, 1.165) is 36.8 Å². The zero-order chi connectivity index (χ0) is 42.5. The molecule has 2 fully saturated rings. The number of anilines is 1. The van der Waals surface area contributed by atoms with E-state index in [1.165, 1.54) is 11.1 Å². The van der Waals surface area contributed by atoms with Crippen molar-refractivity contribution >= 4 is 39.7 Å². The van der Waals surface area contributed by atoms with Crippen LogP contribution >= 0.6 is 15.9 Å². The van der Waals surface area contributed by atoms with Gasteiger partial charge in [-0.2, -0.15) is 15.8 Å². The highest BCUT2D eigenvalue weighted by Crippen LogP contribution is 2.31. The lowest BCUT2D eigenvalue weighted by molar-refractivity contribution is 0.0705. The molecular weight excluding hydrogens is 812 g/mol. The number of amides is 3. The fourth-order valence-electron chi connectivity index (χ4n) is 7.26. The van der Waals surface area contributed by atoms with Crippen LogP contribution in [0.25, 0.3) is 11.5 Å². The summed E-state index contributed by atoms with van der Waals surface area (Å²) in [5, 5.41) is 32.7. The van der Waals surface area contributed by atoms with E-state index >= 15 is 0 Å². The number of benzene rings is 4. The van der Waals surface area contributed by atoms with Gasteiger partial charge in [0.1, 0.15) is 4.98 Å². The number of nitrogens with two attached hydrogens (primary N) is 2. The largest absolute Gasteiger partial charge is 0.404 e. The Morgan fingerprint density at radius 2 is 1.15 bits per heavy atom. The summed E-state index contributed by atoms with van der Waals surface area (Å²) in [5.41, 5.74) is 15.3. The normalized spacial score (nSPS) is 13.9. The first kappa shape index (κ1) is 43.3. The fraction of sp³-hybridized carbons (Fsp3) is 0.273. The van der Waals surface area contributed by atoms with Gasteiger partial charge in [0, 0.05) is 64.4 Å². The number of carbonyl (C=O) groups is 3. The van der Waals surface area contributed by atoms with Gasteiger partial charge in [-0.25, -0.2) is 5.84 Å². The van der Waals surface area contributed by atoms with Crippen molar-refractivity contribution < 1.29 is 18.8 Å². The summed E-state index contributed by atoms with van der Waals surface area (Å²) < 4.78 is 5.32. The van der Waals surface area contributed by atoms with Crippen LogP contribution in [0.5, 0.6) is 0 Å². The highest BCUT2D eigenvalue weighted by atomic mass is 79.9. The number of aromatic nitrogens is 2. The van der Waals surface area contributed by atoms with Gasteiger partial charge in [0.25, 0.3) is 17.7 Å². The molecule has 2 aliphatic heterocycles. The Morgan fingerprint density at radius 3 is 1.56 bits per heavy atom. The summed E-state index contributed by atoms with van der Waals surface area (Å²) in [6, 6.07) is 30.3. The molecule has 0 atom stereocenters. The minimum Gasteiger partial charge on any atom is -0.404 e. The average Bonchev–Trinajstić information content (AvgIpc) is 3.72. The summed E-state index contributed by atoms with van der Waals surface area (Å²) in [6.07, 6.45) is 3.55. The van der Waals surface area contributed by atoms with E-state index in [2.05, 4.69) is 43.7 Å². The molecular formula is C44H43BrN10O4. The van der Waals surface area contributed by atoms with Gasteiger partial charge in [-0.3, -0.25) is 19.8 Å². The average molecular weight is 856 g/mol. The van der Waals surface area contributed by atoms with Crippen molar-refractivity contribution in [1.29, 1.82) is 15.8 Å². The summed E-state index contributed by atoms with van der Waals surface area (Å²) in [6.45, 7) is 6.45. The second-order valence-corrected chi connectivity index (χ2v) is 14.5. The van der Waals surface area contributed by atoms with Crippen molar-refractivity contribution in [3.05, 3.63) is 135 Å². The van der Waals surface area contributed by atoms with Crippen LogP contribution in [0.4, 0.5) is 6.01 Å². The Labute approximate surface area is 351 Å². The van der Waals surface area contributed by atoms with Crippen LogP contribution in [0.3, 0.4) is 0 Å². The number of hydrazine groups is 1. The molecule has 0 saturated carbocycles. The van der Waals surface area contributed by atoms with Crippen LogP contribution < -0.4 is 17.0 Å². The molecule has 300 valence electrons. The second-order valence-electron chi connectivity index (χ2n) is 14.2. The van der Waals surface area contributed by atoms with Crippen LogP contribution in [0.1, 0.15) is 102 Å². The standard InChI is InChI=1S/C22H21N5O2.C21H22N4O2.CBrN/c1-14-2-5-18(12-19(14)20-25-26-22(24)29-20)21(28)27-10-8-17(9-11-27)16-6-3-15(13-23)4-7-16;1-14-2-5-18(12-19(14)20(26)24-23)21(27)25-10-8-17(9-11-25)16-6-3-15(13-22)4-7-16;2-1-3/h2-7,12,17H,8-11H2,1H3,(H2,24,26);2-7,12,17H,8-11,23H2,1H3,(H,24,26);. The molecule has 2 saturated heterocycles. The summed E-state index contributed by atoms with van der Waals surface area (Å²) in [5.74, 6) is 5.85. The van der Waals surface area contributed by atoms with Crippen molar-refractivity contribution in [2.75, 3.05) is 31.9 Å². The first-order valence-electron chi connectivity index (χ1n) is 18.9. The molecule has 0 radical (unpaired) electrons. The third-order valence-corrected chi connectivity index (χ3v) is 10.6. The quantitative estimate of drug-likeness (QED) is 0.0906. The summed E-state index contributed by atoms with van der Waals surface area (Å²) >= 11 is 2.45. The number of nitrogens with zero attached hydrogens (tertiary/aromatic N) is 7. The number of halogens is 1. The number of nitrogens with one attached hydrogen (secondary N) is 1. The molecule has 5 aromatic rings. The van der Waals surface area contributed by atoms with E-state index in [4.69, 9.17) is 31.8 Å². The summed E-state index contributed by atoms with van der Waals surface area (Å²) in [7, 11) is 0. The molecule has 0 spiro atoms. The molecule has 59 heavy (non-hydrogen) atoms. The molecule has 2 aliphatic rings. The molecule has 14 nitrogen and oxygen atoms in total. The van der Waals surface area contributed by atoms with Gasteiger partial charge in [-0.1, -0.05) is 41.5 Å². The van der Waals surface area contributed by atoms with Crippen molar-refractivity contribution in [1.82, 2.24) is 25.4 Å². The topological polar surface area (TPSA) is 232 Å². The number of piperidine rings is 2. The van der Waals surface area contributed by atoms with Crippen molar-refractivity contribution in [2.45, 2.75) is 51.4 Å². The molecule has 4 aromatic carbocycles. The van der Waals surface area contributed by atoms with Gasteiger partial charge in [0.2, 0.25) is 5.89 Å². The minimum atomic E-state index is -0.401. The lowest BCUT2D eigenvalue weighted by atomic mass is 9.89. The van der Waals surface area contributed by atoms with Crippen molar-refractivity contribution in [3.8, 4) is 28.6 Å². The number of carbonyl (C=O) groups excluding carboxylic acids is 3. The van der Waals surface area contributed by atoms with Crippen LogP contribution in [0.2, 0.25) is 0 Å². The number of hydrogen-bond donors (Lipinski definition) is 3. The Morgan fingerprint density at radius 1 is 0.712 bits per heavy atom. The zero-order valence-corrected chi connectivity index (χ0v) is 34.3. The zero-order valence-electron chi connectivity index (χ0n) is 32.7. The Kier molecular flexibility index (Phi) is 15.1. The molecule has 5 N–H and O–H groups in total. The van der Waals surface area contributed by atoms with Gasteiger partial charge in [-0.15, -0.1) is 5.10 Å². The predicted octanol–water partition coefficient (Wildman–Crippen LogP) is 6.87. The lowest BCUT2D eigenvalue weighted by Gasteiger charge is -2.32. The Bertz CT molecular complexity index is 2400. The molecule has 0 aliphatic carbocycles. The van der Waals surface area contributed by atoms with Gasteiger partial charge >= 0.3 is 6.01 Å². The Balaban J connectivity index is 0.000000211. The first-order chi connectivity index (χ1) is 28.5. The van der Waals surface area contributed by atoms with E-state index in [9.17, 15) is 14.4 Å². The SMILES string of the molecule is Cc1ccc(C(=O)N2CCC(c3ccc(C#N)cc3)CC2)cc1-c1nnc(N)o1.Cc1ccc(C(=O)N2CCC(c3ccc(C#N)cc3)CC2)cc1C(=O)NN.N#CBr. The van der Waals surface area contributed by atoms with Crippen LogP contribution in [-0.2, 0) is 0 Å². The highest BCUT2D eigenvalue weighted by Gasteiger charge is 2.27. The van der Waals surface area contributed by atoms with Gasteiger partial charge < -0.3 is 20.0 Å². The third-order valence-electron chi connectivity index (χ3n) is 10.6. The smallest absolute Gasteiger partial charge is 0.313 e. The van der Waals surface area contributed by atoms with E-state index in [0.29, 0.717) is 77.3 Å². The maximum atomic E-state index is 13.0. The van der Waals surface area contributed by atoms with E-state index < -0.39 is 5.91 Å². The molecule has 0 unspecified atom stereocenters. The van der Waals surface area contributed by atoms with Gasteiger partial charge in [0.15, 0.2) is 0 Å². The van der Waals surface area contributed by atoms with Crippen LogP contribution in [0.15, 0.2) is 89.3 Å². The first-order valence-corrected chi connectivity index (χ1v) is 19.7. The van der Waals surface area contributed by atoms with E-state index in [1.54, 1.807) is 29.2 Å². The number of hydrogen-bond acceptors (Lipinski definition) is 11. The van der Waals surface area contributed by atoms with Gasteiger partial charge in [-0.05, 0) is 122 Å².